The molecule has 0 aliphatic carbocycles. The van der Waals surface area contributed by atoms with E-state index in [9.17, 15) is 0 Å². The van der Waals surface area contributed by atoms with Crippen molar-refractivity contribution in [3.8, 4) is 67.9 Å². The fourth-order valence-electron chi connectivity index (χ4n) is 6.29. The summed E-state index contributed by atoms with van der Waals surface area (Å²) in [5, 5.41) is 1.94. The Morgan fingerprint density at radius 1 is 0.327 bits per heavy atom. The SMILES string of the molecule is c1ccc(-c2ccc(-c3ccc(-c4nc(-c5ccccc5)nc(-c5cccc6ccc7nc(-c8ccccc8)oc7c56)n4)cc3)cc2)cc1. The van der Waals surface area contributed by atoms with E-state index in [1.54, 1.807) is 0 Å². The van der Waals surface area contributed by atoms with Crippen LogP contribution in [0.2, 0.25) is 0 Å². The molecule has 2 aromatic heterocycles. The van der Waals surface area contributed by atoms with E-state index in [4.69, 9.17) is 24.4 Å². The molecule has 0 aliphatic heterocycles. The summed E-state index contributed by atoms with van der Waals surface area (Å²) < 4.78 is 6.46. The van der Waals surface area contributed by atoms with Gasteiger partial charge in [-0.05, 0) is 45.8 Å². The summed E-state index contributed by atoms with van der Waals surface area (Å²) in [6, 6.07) is 57.7. The first-order valence-corrected chi connectivity index (χ1v) is 16.2. The van der Waals surface area contributed by atoms with Crippen LogP contribution in [0.4, 0.5) is 0 Å². The molecule has 5 nitrogen and oxygen atoms in total. The van der Waals surface area contributed by atoms with Gasteiger partial charge in [0.25, 0.3) is 0 Å². The minimum absolute atomic E-state index is 0.570. The molecule has 0 fully saturated rings. The summed E-state index contributed by atoms with van der Waals surface area (Å²) in [6.07, 6.45) is 0. The quantitative estimate of drug-likeness (QED) is 0.183. The highest BCUT2D eigenvalue weighted by Crippen LogP contribution is 2.37. The van der Waals surface area contributed by atoms with Gasteiger partial charge in [0.1, 0.15) is 5.52 Å². The zero-order valence-corrected chi connectivity index (χ0v) is 26.4. The molecule has 9 aromatic rings. The van der Waals surface area contributed by atoms with Crippen LogP contribution in [0.25, 0.3) is 89.7 Å². The average molecular weight is 629 g/mol. The van der Waals surface area contributed by atoms with E-state index in [-0.39, 0.29) is 0 Å². The van der Waals surface area contributed by atoms with E-state index in [1.165, 1.54) is 11.1 Å². The number of nitrogens with zero attached hydrogens (tertiary/aromatic N) is 4. The molecule has 0 bridgehead atoms. The molecule has 49 heavy (non-hydrogen) atoms. The minimum atomic E-state index is 0.570. The zero-order valence-electron chi connectivity index (χ0n) is 26.4. The lowest BCUT2D eigenvalue weighted by atomic mass is 9.99. The Kier molecular flexibility index (Phi) is 7.06. The van der Waals surface area contributed by atoms with Gasteiger partial charge in [0.2, 0.25) is 5.89 Å². The predicted octanol–water partition coefficient (Wildman–Crippen LogP) is 11.2. The van der Waals surface area contributed by atoms with Gasteiger partial charge < -0.3 is 4.42 Å². The molecule has 0 aliphatic rings. The maximum Gasteiger partial charge on any atom is 0.227 e. The zero-order chi connectivity index (χ0) is 32.6. The van der Waals surface area contributed by atoms with Crippen LogP contribution in [-0.2, 0) is 0 Å². The maximum absolute atomic E-state index is 6.46. The summed E-state index contributed by atoms with van der Waals surface area (Å²) in [6.45, 7) is 0. The third kappa shape index (κ3) is 5.43. The molecule has 0 spiro atoms. The number of aromatic nitrogens is 4. The van der Waals surface area contributed by atoms with Crippen molar-refractivity contribution in [2.45, 2.75) is 0 Å². The van der Waals surface area contributed by atoms with Crippen molar-refractivity contribution in [1.82, 2.24) is 19.9 Å². The lowest BCUT2D eigenvalue weighted by Gasteiger charge is -2.11. The summed E-state index contributed by atoms with van der Waals surface area (Å²) in [4.78, 5) is 19.9. The molecular formula is C44H28N4O. The first kappa shape index (κ1) is 28.5. The minimum Gasteiger partial charge on any atom is -0.435 e. The second kappa shape index (κ2) is 12.1. The number of rotatable bonds is 6. The van der Waals surface area contributed by atoms with Crippen LogP contribution in [0.15, 0.2) is 174 Å². The van der Waals surface area contributed by atoms with Crippen LogP contribution in [0.1, 0.15) is 0 Å². The molecule has 0 amide bonds. The van der Waals surface area contributed by atoms with Gasteiger partial charge in [-0.25, -0.2) is 19.9 Å². The molecule has 2 heterocycles. The Labute approximate surface area is 283 Å². The number of oxazole rings is 1. The Bertz CT molecular complexity index is 2560. The van der Waals surface area contributed by atoms with Crippen LogP contribution in [-0.4, -0.2) is 19.9 Å². The molecule has 0 N–H and O–H groups in total. The molecule has 9 rings (SSSR count). The van der Waals surface area contributed by atoms with Gasteiger partial charge in [0.15, 0.2) is 23.1 Å². The highest BCUT2D eigenvalue weighted by atomic mass is 16.3. The average Bonchev–Trinajstić information content (AvgIpc) is 3.64. The fourth-order valence-corrected chi connectivity index (χ4v) is 6.29. The van der Waals surface area contributed by atoms with Crippen LogP contribution in [0, 0.1) is 0 Å². The van der Waals surface area contributed by atoms with Gasteiger partial charge >= 0.3 is 0 Å². The Balaban J connectivity index is 1.15. The van der Waals surface area contributed by atoms with Gasteiger partial charge in [-0.2, -0.15) is 0 Å². The monoisotopic (exact) mass is 628 g/mol. The van der Waals surface area contributed by atoms with Crippen LogP contribution in [0.3, 0.4) is 0 Å². The van der Waals surface area contributed by atoms with Crippen LogP contribution < -0.4 is 0 Å². The van der Waals surface area contributed by atoms with Gasteiger partial charge in [-0.15, -0.1) is 0 Å². The van der Waals surface area contributed by atoms with Gasteiger partial charge in [-0.1, -0.05) is 152 Å². The van der Waals surface area contributed by atoms with Crippen molar-refractivity contribution < 1.29 is 4.42 Å². The Morgan fingerprint density at radius 3 is 1.39 bits per heavy atom. The highest BCUT2D eigenvalue weighted by Gasteiger charge is 2.18. The van der Waals surface area contributed by atoms with Crippen molar-refractivity contribution in [2.75, 3.05) is 0 Å². The van der Waals surface area contributed by atoms with E-state index in [0.29, 0.717) is 28.9 Å². The molecule has 0 atom stereocenters. The molecule has 230 valence electrons. The molecule has 0 radical (unpaired) electrons. The smallest absolute Gasteiger partial charge is 0.227 e. The third-order valence-corrected chi connectivity index (χ3v) is 8.80. The lowest BCUT2D eigenvalue weighted by molar-refractivity contribution is 0.623. The Hall–Kier alpha value is -6.72. The maximum atomic E-state index is 6.46. The lowest BCUT2D eigenvalue weighted by Crippen LogP contribution is -2.00. The third-order valence-electron chi connectivity index (χ3n) is 8.80. The fraction of sp³-hybridized carbons (Fsp3) is 0. The largest absolute Gasteiger partial charge is 0.435 e. The summed E-state index contributed by atoms with van der Waals surface area (Å²) in [5.74, 6) is 2.35. The second-order valence-corrected chi connectivity index (χ2v) is 11.9. The van der Waals surface area contributed by atoms with E-state index in [2.05, 4.69) is 84.9 Å². The standard InChI is InChI=1S/C44H28N4O/c1-4-11-29(12-5-1)30-19-21-31(22-20-30)32-23-25-35(26-24-32)42-46-41(34-13-6-2-7-14-34)47-43(48-42)37-18-10-17-33-27-28-38-40(39(33)37)49-44(45-38)36-15-8-3-9-16-36/h1-28H. The number of hydrogen-bond donors (Lipinski definition) is 0. The highest BCUT2D eigenvalue weighted by molar-refractivity contribution is 6.10. The number of fused-ring (bicyclic) bond motifs is 3. The molecule has 0 saturated carbocycles. The topological polar surface area (TPSA) is 64.7 Å². The van der Waals surface area contributed by atoms with E-state index < -0.39 is 0 Å². The van der Waals surface area contributed by atoms with Gasteiger partial charge in [-0.3, -0.25) is 0 Å². The van der Waals surface area contributed by atoms with Crippen LogP contribution in [0.5, 0.6) is 0 Å². The van der Waals surface area contributed by atoms with E-state index >= 15 is 0 Å². The summed E-state index contributed by atoms with van der Waals surface area (Å²) >= 11 is 0. The molecular weight excluding hydrogens is 601 g/mol. The summed E-state index contributed by atoms with van der Waals surface area (Å²) in [5.41, 5.74) is 9.76. The predicted molar refractivity (Wildman–Crippen MR) is 198 cm³/mol. The number of benzene rings is 7. The normalized spacial score (nSPS) is 11.3. The first-order valence-electron chi connectivity index (χ1n) is 16.2. The van der Waals surface area contributed by atoms with Crippen LogP contribution >= 0.6 is 0 Å². The van der Waals surface area contributed by atoms with Gasteiger partial charge in [0.05, 0.1) is 0 Å². The second-order valence-electron chi connectivity index (χ2n) is 11.9. The number of hydrogen-bond acceptors (Lipinski definition) is 5. The van der Waals surface area contributed by atoms with E-state index in [1.807, 2.05) is 84.9 Å². The van der Waals surface area contributed by atoms with Crippen molar-refractivity contribution in [3.63, 3.8) is 0 Å². The molecule has 0 unspecified atom stereocenters. The van der Waals surface area contributed by atoms with Crippen molar-refractivity contribution in [3.05, 3.63) is 170 Å². The first-order chi connectivity index (χ1) is 24.3. The van der Waals surface area contributed by atoms with Crippen molar-refractivity contribution in [1.29, 1.82) is 0 Å². The molecule has 5 heteroatoms. The molecule has 7 aromatic carbocycles. The van der Waals surface area contributed by atoms with E-state index in [0.717, 1.165) is 49.7 Å². The van der Waals surface area contributed by atoms with Crippen molar-refractivity contribution >= 4 is 21.9 Å². The molecule has 0 saturated heterocycles. The van der Waals surface area contributed by atoms with Gasteiger partial charge in [0, 0.05) is 27.6 Å². The van der Waals surface area contributed by atoms with Crippen molar-refractivity contribution in [2.24, 2.45) is 0 Å². The summed E-state index contributed by atoms with van der Waals surface area (Å²) in [7, 11) is 0. The Morgan fingerprint density at radius 2 is 0.796 bits per heavy atom.